The van der Waals surface area contributed by atoms with Crippen molar-refractivity contribution in [3.05, 3.63) is 59.1 Å². The highest BCUT2D eigenvalue weighted by Gasteiger charge is 2.23. The lowest BCUT2D eigenvalue weighted by Crippen LogP contribution is -2.07. The predicted octanol–water partition coefficient (Wildman–Crippen LogP) is 4.95. The molecule has 0 amide bonds. The van der Waals surface area contributed by atoms with E-state index in [1.165, 1.54) is 5.56 Å². The number of hydrogen-bond acceptors (Lipinski definition) is 3. The normalized spacial score (nSPS) is 13.7. The lowest BCUT2D eigenvalue weighted by atomic mass is 10.0. The van der Waals surface area contributed by atoms with Gasteiger partial charge in [0.2, 0.25) is 0 Å². The molecular weight excluding hydrogens is 334 g/mol. The fourth-order valence-corrected chi connectivity index (χ4v) is 3.54. The Balaban J connectivity index is 1.94. The summed E-state index contributed by atoms with van der Waals surface area (Å²) >= 11 is 6.20. The Bertz CT molecular complexity index is 904. The first kappa shape index (κ1) is 16.0. The molecule has 0 saturated carbocycles. The molecule has 0 aliphatic carbocycles. The molecule has 0 radical (unpaired) electrons. The number of nitrogens with one attached hydrogen (secondary N) is 1. The summed E-state index contributed by atoms with van der Waals surface area (Å²) in [5.74, 6) is 1.89. The molecule has 2 heterocycles. The molecule has 1 aromatic heterocycles. The first-order valence-electron chi connectivity index (χ1n) is 8.53. The van der Waals surface area contributed by atoms with Gasteiger partial charge in [-0.3, -0.25) is 0 Å². The van der Waals surface area contributed by atoms with Crippen LogP contribution in [0.4, 0.5) is 5.82 Å². The Morgan fingerprint density at radius 3 is 2.84 bits per heavy atom. The number of aromatic nitrogens is 2. The smallest absolute Gasteiger partial charge is 0.133 e. The van der Waals surface area contributed by atoms with E-state index < -0.39 is 0 Å². The Morgan fingerprint density at radius 1 is 1.12 bits per heavy atom. The topological polar surface area (TPSA) is 39.1 Å². The Hall–Kier alpha value is -2.46. The Kier molecular flexibility index (Phi) is 4.36. The largest absolute Gasteiger partial charge is 0.496 e. The monoisotopic (exact) mass is 353 g/mol. The van der Waals surface area contributed by atoms with Crippen molar-refractivity contribution in [1.29, 1.82) is 0 Å². The van der Waals surface area contributed by atoms with Crippen molar-refractivity contribution in [1.82, 2.24) is 9.78 Å². The third-order valence-electron chi connectivity index (χ3n) is 4.54. The third kappa shape index (κ3) is 2.98. The molecule has 0 fully saturated rings. The second-order valence-corrected chi connectivity index (χ2v) is 6.59. The van der Waals surface area contributed by atoms with Crippen LogP contribution in [0.15, 0.2) is 48.5 Å². The zero-order valence-corrected chi connectivity index (χ0v) is 14.9. The number of fused-ring (bicyclic) bond motifs is 1. The fourth-order valence-electron chi connectivity index (χ4n) is 3.35. The summed E-state index contributed by atoms with van der Waals surface area (Å²) in [5, 5.41) is 9.20. The minimum absolute atomic E-state index is 0.703. The Labute approximate surface area is 152 Å². The molecule has 0 unspecified atom stereocenters. The number of para-hydroxylation sites is 1. The summed E-state index contributed by atoms with van der Waals surface area (Å²) in [6.07, 6.45) is 3.29. The van der Waals surface area contributed by atoms with Gasteiger partial charge in [-0.05, 0) is 49.6 Å². The quantitative estimate of drug-likeness (QED) is 0.724. The molecule has 0 saturated heterocycles. The molecule has 0 spiro atoms. The lowest BCUT2D eigenvalue weighted by Gasteiger charge is -2.09. The van der Waals surface area contributed by atoms with Crippen LogP contribution in [-0.2, 0) is 6.42 Å². The van der Waals surface area contributed by atoms with Crippen molar-refractivity contribution in [2.45, 2.75) is 19.3 Å². The number of methoxy groups -OCH3 is 1. The van der Waals surface area contributed by atoms with Gasteiger partial charge in [-0.15, -0.1) is 0 Å². The van der Waals surface area contributed by atoms with Gasteiger partial charge in [0.05, 0.1) is 12.8 Å². The second-order valence-electron chi connectivity index (χ2n) is 6.15. The van der Waals surface area contributed by atoms with Crippen molar-refractivity contribution in [3.63, 3.8) is 0 Å². The lowest BCUT2D eigenvalue weighted by molar-refractivity contribution is 0.416. The van der Waals surface area contributed by atoms with Gasteiger partial charge in [0.1, 0.15) is 17.3 Å². The summed E-state index contributed by atoms with van der Waals surface area (Å²) in [6.45, 7) is 0.949. The van der Waals surface area contributed by atoms with Crippen LogP contribution in [0.2, 0.25) is 5.02 Å². The molecule has 2 aromatic carbocycles. The summed E-state index contributed by atoms with van der Waals surface area (Å²) in [5.41, 5.74) is 4.19. The molecule has 3 aromatic rings. The van der Waals surface area contributed by atoms with Crippen LogP contribution < -0.4 is 10.1 Å². The fraction of sp³-hybridized carbons (Fsp3) is 0.250. The number of rotatable bonds is 3. The van der Waals surface area contributed by atoms with Gasteiger partial charge < -0.3 is 10.1 Å². The van der Waals surface area contributed by atoms with Crippen LogP contribution in [0.5, 0.6) is 5.75 Å². The van der Waals surface area contributed by atoms with E-state index >= 15 is 0 Å². The maximum atomic E-state index is 6.20. The Morgan fingerprint density at radius 2 is 2.00 bits per heavy atom. The predicted molar refractivity (Wildman–Crippen MR) is 102 cm³/mol. The second kappa shape index (κ2) is 6.81. The molecule has 25 heavy (non-hydrogen) atoms. The van der Waals surface area contributed by atoms with Gasteiger partial charge >= 0.3 is 0 Å². The van der Waals surface area contributed by atoms with Crippen LogP contribution in [0.1, 0.15) is 18.4 Å². The number of anilines is 1. The van der Waals surface area contributed by atoms with Crippen LogP contribution >= 0.6 is 11.6 Å². The highest BCUT2D eigenvalue weighted by Crippen LogP contribution is 2.38. The summed E-state index contributed by atoms with van der Waals surface area (Å²) in [4.78, 5) is 0. The minimum Gasteiger partial charge on any atom is -0.496 e. The summed E-state index contributed by atoms with van der Waals surface area (Å²) in [7, 11) is 1.70. The highest BCUT2D eigenvalue weighted by atomic mass is 35.5. The average molecular weight is 354 g/mol. The SMILES string of the molecule is COc1ccccc1-c1nn(-c2cccc(Cl)c2)c2c1CCCCN2. The molecule has 0 bridgehead atoms. The summed E-state index contributed by atoms with van der Waals surface area (Å²) in [6, 6.07) is 15.8. The molecular formula is C20H20ClN3O. The molecule has 128 valence electrons. The van der Waals surface area contributed by atoms with Gasteiger partial charge in [0.15, 0.2) is 0 Å². The van der Waals surface area contributed by atoms with Crippen molar-refractivity contribution in [2.24, 2.45) is 0 Å². The van der Waals surface area contributed by atoms with Crippen LogP contribution in [-0.4, -0.2) is 23.4 Å². The van der Waals surface area contributed by atoms with Crippen LogP contribution in [0.25, 0.3) is 16.9 Å². The van der Waals surface area contributed by atoms with E-state index in [2.05, 4.69) is 11.4 Å². The zero-order chi connectivity index (χ0) is 17.2. The molecule has 0 atom stereocenters. The van der Waals surface area contributed by atoms with Gasteiger partial charge in [-0.25, -0.2) is 4.68 Å². The molecule has 4 nitrogen and oxygen atoms in total. The summed E-state index contributed by atoms with van der Waals surface area (Å²) < 4.78 is 7.53. The molecule has 1 aliphatic heterocycles. The number of benzene rings is 2. The molecule has 1 N–H and O–H groups in total. The van der Waals surface area contributed by atoms with E-state index in [-0.39, 0.29) is 0 Å². The van der Waals surface area contributed by atoms with E-state index in [9.17, 15) is 0 Å². The third-order valence-corrected chi connectivity index (χ3v) is 4.78. The van der Waals surface area contributed by atoms with E-state index in [0.29, 0.717) is 5.02 Å². The highest BCUT2D eigenvalue weighted by molar-refractivity contribution is 6.30. The maximum absolute atomic E-state index is 6.20. The first-order chi connectivity index (χ1) is 12.3. The molecule has 5 heteroatoms. The standard InChI is InChI=1S/C20H20ClN3O/c1-25-18-11-3-2-9-16(18)19-17-10-4-5-12-22-20(17)24(23-19)15-8-6-7-14(21)13-15/h2-3,6-9,11,13,22H,4-5,10,12H2,1H3. The van der Waals surface area contributed by atoms with Crippen molar-refractivity contribution < 1.29 is 4.74 Å². The molecule has 4 rings (SSSR count). The van der Waals surface area contributed by atoms with E-state index in [4.69, 9.17) is 21.4 Å². The van der Waals surface area contributed by atoms with E-state index in [1.54, 1.807) is 7.11 Å². The van der Waals surface area contributed by atoms with Gasteiger partial charge in [-0.2, -0.15) is 5.10 Å². The van der Waals surface area contributed by atoms with Crippen molar-refractivity contribution in [2.75, 3.05) is 19.0 Å². The number of hydrogen-bond donors (Lipinski definition) is 1. The number of halogens is 1. The average Bonchev–Trinajstić information content (AvgIpc) is 2.82. The van der Waals surface area contributed by atoms with Crippen LogP contribution in [0.3, 0.4) is 0 Å². The maximum Gasteiger partial charge on any atom is 0.133 e. The number of nitrogens with zero attached hydrogens (tertiary/aromatic N) is 2. The minimum atomic E-state index is 0.703. The van der Waals surface area contributed by atoms with E-state index in [0.717, 1.165) is 54.3 Å². The van der Waals surface area contributed by atoms with Gasteiger partial charge in [-0.1, -0.05) is 29.8 Å². The first-order valence-corrected chi connectivity index (χ1v) is 8.91. The van der Waals surface area contributed by atoms with E-state index in [1.807, 2.05) is 47.1 Å². The van der Waals surface area contributed by atoms with Gasteiger partial charge in [0.25, 0.3) is 0 Å². The molecule has 1 aliphatic rings. The van der Waals surface area contributed by atoms with Gasteiger partial charge in [0, 0.05) is 22.7 Å². The van der Waals surface area contributed by atoms with Crippen molar-refractivity contribution >= 4 is 17.4 Å². The number of ether oxygens (including phenoxy) is 1. The zero-order valence-electron chi connectivity index (χ0n) is 14.1. The van der Waals surface area contributed by atoms with Crippen LogP contribution in [0, 0.1) is 0 Å². The van der Waals surface area contributed by atoms with Crippen molar-refractivity contribution in [3.8, 4) is 22.7 Å².